The Morgan fingerprint density at radius 3 is 2.63 bits per heavy atom. The van der Waals surface area contributed by atoms with Gasteiger partial charge in [-0.15, -0.1) is 11.3 Å². The van der Waals surface area contributed by atoms with Crippen LogP contribution in [0.5, 0.6) is 0 Å². The first-order valence-electron chi connectivity index (χ1n) is 7.33. The average molecular weight is 280 g/mol. The second-order valence-corrected chi connectivity index (χ2v) is 6.36. The van der Waals surface area contributed by atoms with Gasteiger partial charge in [0.15, 0.2) is 0 Å². The number of carbonyl (C=O) groups is 1. The summed E-state index contributed by atoms with van der Waals surface area (Å²) >= 11 is 1.71. The molecule has 0 aromatic carbocycles. The first-order chi connectivity index (χ1) is 9.25. The monoisotopic (exact) mass is 280 g/mol. The van der Waals surface area contributed by atoms with E-state index in [0.717, 1.165) is 12.2 Å². The highest BCUT2D eigenvalue weighted by atomic mass is 32.1. The third-order valence-corrected chi connectivity index (χ3v) is 4.63. The van der Waals surface area contributed by atoms with Crippen LogP contribution in [-0.4, -0.2) is 11.9 Å². The molecule has 1 aromatic rings. The molecule has 1 heterocycles. The molecule has 3 nitrogen and oxygen atoms in total. The summed E-state index contributed by atoms with van der Waals surface area (Å²) in [5.74, 6) is 0.00519. The second-order valence-electron chi connectivity index (χ2n) is 5.36. The Bertz CT molecular complexity index is 395. The van der Waals surface area contributed by atoms with Crippen LogP contribution in [0.4, 0.5) is 5.69 Å². The molecule has 1 aromatic heterocycles. The summed E-state index contributed by atoms with van der Waals surface area (Å²) in [4.78, 5) is 12.4. The normalized spacial score (nSPS) is 17.7. The molecule has 0 bridgehead atoms. The van der Waals surface area contributed by atoms with Crippen molar-refractivity contribution < 1.29 is 4.79 Å². The minimum atomic E-state index is 0.00519. The lowest BCUT2D eigenvalue weighted by Crippen LogP contribution is -2.29. The van der Waals surface area contributed by atoms with Gasteiger partial charge in [0.25, 0.3) is 0 Å². The van der Waals surface area contributed by atoms with Gasteiger partial charge in [0.1, 0.15) is 0 Å². The smallest absolute Gasteiger partial charge is 0.221 e. The molecular weight excluding hydrogens is 256 g/mol. The Balaban J connectivity index is 1.83. The van der Waals surface area contributed by atoms with E-state index in [4.69, 9.17) is 0 Å². The van der Waals surface area contributed by atoms with Gasteiger partial charge in [-0.05, 0) is 24.3 Å². The molecule has 19 heavy (non-hydrogen) atoms. The fourth-order valence-corrected chi connectivity index (χ4v) is 3.46. The van der Waals surface area contributed by atoms with E-state index in [9.17, 15) is 4.79 Å². The van der Waals surface area contributed by atoms with Crippen LogP contribution in [0.2, 0.25) is 0 Å². The fourth-order valence-electron chi connectivity index (χ4n) is 2.68. The maximum Gasteiger partial charge on any atom is 0.221 e. The van der Waals surface area contributed by atoms with Crippen molar-refractivity contribution in [1.82, 2.24) is 5.32 Å². The molecule has 0 atom stereocenters. The minimum Gasteiger partial charge on any atom is -0.325 e. The van der Waals surface area contributed by atoms with Crippen LogP contribution < -0.4 is 10.6 Å². The molecular formula is C15H24N2OS. The highest BCUT2D eigenvalue weighted by molar-refractivity contribution is 7.10. The van der Waals surface area contributed by atoms with Crippen molar-refractivity contribution >= 4 is 22.9 Å². The maximum atomic E-state index is 11.1. The summed E-state index contributed by atoms with van der Waals surface area (Å²) in [7, 11) is 0. The summed E-state index contributed by atoms with van der Waals surface area (Å²) < 4.78 is 0. The Morgan fingerprint density at radius 1 is 1.26 bits per heavy atom. The van der Waals surface area contributed by atoms with Gasteiger partial charge in [0, 0.05) is 24.4 Å². The molecule has 106 valence electrons. The van der Waals surface area contributed by atoms with E-state index < -0.39 is 0 Å². The van der Waals surface area contributed by atoms with Crippen LogP contribution in [0.15, 0.2) is 11.4 Å². The van der Waals surface area contributed by atoms with Crippen molar-refractivity contribution in [2.75, 3.05) is 5.32 Å². The zero-order valence-electron chi connectivity index (χ0n) is 11.7. The van der Waals surface area contributed by atoms with Gasteiger partial charge in [0.05, 0.1) is 5.69 Å². The van der Waals surface area contributed by atoms with Crippen molar-refractivity contribution in [3.05, 3.63) is 16.3 Å². The summed E-state index contributed by atoms with van der Waals surface area (Å²) in [5, 5.41) is 8.60. The number of thiophene rings is 1. The lowest BCUT2D eigenvalue weighted by atomic mass is 9.97. The standard InChI is InChI=1S/C15H24N2OS/c1-12(18)17-14-9-10-19-15(14)11-16-13-7-5-3-2-4-6-8-13/h9-10,13,16H,2-8,11H2,1H3,(H,17,18). The van der Waals surface area contributed by atoms with Crippen LogP contribution in [-0.2, 0) is 11.3 Å². The van der Waals surface area contributed by atoms with E-state index in [1.165, 1.54) is 49.8 Å². The highest BCUT2D eigenvalue weighted by Crippen LogP contribution is 2.23. The van der Waals surface area contributed by atoms with Gasteiger partial charge < -0.3 is 10.6 Å². The number of carbonyl (C=O) groups excluding carboxylic acids is 1. The molecule has 0 saturated heterocycles. The quantitative estimate of drug-likeness (QED) is 0.878. The van der Waals surface area contributed by atoms with Crippen molar-refractivity contribution in [1.29, 1.82) is 0 Å². The third-order valence-electron chi connectivity index (χ3n) is 3.71. The van der Waals surface area contributed by atoms with Gasteiger partial charge in [-0.2, -0.15) is 0 Å². The number of anilines is 1. The SMILES string of the molecule is CC(=O)Nc1ccsc1CNC1CCCCCCC1. The lowest BCUT2D eigenvalue weighted by molar-refractivity contribution is -0.114. The summed E-state index contributed by atoms with van der Waals surface area (Å²) in [6.45, 7) is 2.43. The van der Waals surface area contributed by atoms with E-state index in [0.29, 0.717) is 6.04 Å². The molecule has 1 aliphatic rings. The van der Waals surface area contributed by atoms with Crippen LogP contribution in [0, 0.1) is 0 Å². The van der Waals surface area contributed by atoms with Gasteiger partial charge in [-0.25, -0.2) is 0 Å². The number of hydrogen-bond acceptors (Lipinski definition) is 3. The number of rotatable bonds is 4. The van der Waals surface area contributed by atoms with Gasteiger partial charge in [0.2, 0.25) is 5.91 Å². The Kier molecular flexibility index (Phi) is 5.86. The van der Waals surface area contributed by atoms with E-state index in [-0.39, 0.29) is 5.91 Å². The third kappa shape index (κ3) is 4.96. The largest absolute Gasteiger partial charge is 0.325 e. The van der Waals surface area contributed by atoms with Crippen molar-refractivity contribution in [2.24, 2.45) is 0 Å². The van der Waals surface area contributed by atoms with Crippen LogP contribution in [0.25, 0.3) is 0 Å². The highest BCUT2D eigenvalue weighted by Gasteiger charge is 2.12. The summed E-state index contributed by atoms with van der Waals surface area (Å²) in [6, 6.07) is 2.63. The van der Waals surface area contributed by atoms with Crippen LogP contribution >= 0.6 is 11.3 Å². The zero-order valence-corrected chi connectivity index (χ0v) is 12.5. The van der Waals surface area contributed by atoms with Crippen molar-refractivity contribution in [2.45, 2.75) is 64.5 Å². The maximum absolute atomic E-state index is 11.1. The minimum absolute atomic E-state index is 0.00519. The molecule has 0 unspecified atom stereocenters. The van der Waals surface area contributed by atoms with E-state index in [1.807, 2.05) is 11.4 Å². The molecule has 0 aliphatic heterocycles. The fraction of sp³-hybridized carbons (Fsp3) is 0.667. The van der Waals surface area contributed by atoms with Crippen LogP contribution in [0.3, 0.4) is 0 Å². The van der Waals surface area contributed by atoms with Crippen molar-refractivity contribution in [3.8, 4) is 0 Å². The predicted octanol–water partition coefficient (Wildman–Crippen LogP) is 3.91. The zero-order chi connectivity index (χ0) is 13.5. The lowest BCUT2D eigenvalue weighted by Gasteiger charge is -2.21. The Hall–Kier alpha value is -0.870. The topological polar surface area (TPSA) is 41.1 Å². The summed E-state index contributed by atoms with van der Waals surface area (Å²) in [5.41, 5.74) is 0.968. The molecule has 1 saturated carbocycles. The number of amides is 1. The second kappa shape index (κ2) is 7.65. The molecule has 0 spiro atoms. The van der Waals surface area contributed by atoms with E-state index in [1.54, 1.807) is 18.3 Å². The first-order valence-corrected chi connectivity index (χ1v) is 8.21. The van der Waals surface area contributed by atoms with Gasteiger partial charge >= 0.3 is 0 Å². The summed E-state index contributed by atoms with van der Waals surface area (Å²) in [6.07, 6.45) is 9.45. The van der Waals surface area contributed by atoms with Gasteiger partial charge in [-0.3, -0.25) is 4.79 Å². The molecule has 1 aliphatic carbocycles. The molecule has 0 radical (unpaired) electrons. The Labute approximate surface area is 119 Å². The number of hydrogen-bond donors (Lipinski definition) is 2. The predicted molar refractivity (Wildman–Crippen MR) is 81.6 cm³/mol. The Morgan fingerprint density at radius 2 is 1.95 bits per heavy atom. The van der Waals surface area contributed by atoms with Gasteiger partial charge in [-0.1, -0.05) is 32.1 Å². The first kappa shape index (κ1) is 14.5. The average Bonchev–Trinajstić information content (AvgIpc) is 2.74. The number of nitrogens with one attached hydrogen (secondary N) is 2. The van der Waals surface area contributed by atoms with Crippen LogP contribution in [0.1, 0.15) is 56.7 Å². The van der Waals surface area contributed by atoms with E-state index >= 15 is 0 Å². The molecule has 2 N–H and O–H groups in total. The molecule has 1 amide bonds. The molecule has 2 rings (SSSR count). The van der Waals surface area contributed by atoms with E-state index in [2.05, 4.69) is 10.6 Å². The molecule has 1 fully saturated rings. The van der Waals surface area contributed by atoms with Crippen molar-refractivity contribution in [3.63, 3.8) is 0 Å². The molecule has 4 heteroatoms.